The van der Waals surface area contributed by atoms with Crippen LogP contribution >= 0.6 is 0 Å². The van der Waals surface area contributed by atoms with Crippen molar-refractivity contribution in [3.63, 3.8) is 0 Å². The highest BCUT2D eigenvalue weighted by molar-refractivity contribution is 5.77. The van der Waals surface area contributed by atoms with Gasteiger partial charge in [-0.3, -0.25) is 4.79 Å². The number of aliphatic hydroxyl groups excluding tert-OH is 8. The molecule has 2 bridgehead atoms. The molecule has 2 aliphatic heterocycles. The van der Waals surface area contributed by atoms with Crippen LogP contribution in [0, 0.1) is 28.1 Å². The molecule has 0 aromatic rings. The van der Waals surface area contributed by atoms with Crippen LogP contribution in [0.15, 0.2) is 12.2 Å². The first-order chi connectivity index (χ1) is 21.2. The molecule has 13 nitrogen and oxygen atoms in total. The van der Waals surface area contributed by atoms with E-state index < -0.39 is 91.6 Å². The van der Waals surface area contributed by atoms with Gasteiger partial charge in [-0.2, -0.15) is 0 Å². The number of hydrogen-bond acceptors (Lipinski definition) is 13. The average Bonchev–Trinajstić information content (AvgIpc) is 3.20. The van der Waals surface area contributed by atoms with E-state index in [2.05, 4.69) is 13.5 Å². The number of fused-ring (bicyclic) bond motifs is 3. The standard InChI is InChI=1S/C32H50O13/c1-15-11-31-9-5-18-29(2,7-4-8-30(18,3)28(41)44-26-24(39)22(37)20(35)16(12-33)42-26)19(31)6-10-32(15,14-31)45-27-25(40)23(38)21(36)17(13-34)43-27/h16-27,33-40H,1,4-14H2,2-3H3/t16-,17-,18+,19+,20-,21-,22-,23-,24-,25-,26-,27-,29+,30+,31?,32-/m1/s1. The summed E-state index contributed by atoms with van der Waals surface area (Å²) in [6, 6.07) is 0. The van der Waals surface area contributed by atoms with E-state index in [0.29, 0.717) is 25.7 Å². The molecule has 4 saturated carbocycles. The number of rotatable bonds is 6. The van der Waals surface area contributed by atoms with Gasteiger partial charge in [0, 0.05) is 0 Å². The van der Waals surface area contributed by atoms with E-state index >= 15 is 0 Å². The lowest BCUT2D eigenvalue weighted by atomic mass is 9.41. The second kappa shape index (κ2) is 11.7. The van der Waals surface area contributed by atoms with Crippen LogP contribution in [0.25, 0.3) is 0 Å². The molecule has 16 atom stereocenters. The number of ether oxygens (including phenoxy) is 4. The first-order valence-corrected chi connectivity index (χ1v) is 16.3. The Balaban J connectivity index is 1.20. The summed E-state index contributed by atoms with van der Waals surface area (Å²) in [6.07, 6.45) is -7.82. The van der Waals surface area contributed by atoms with Gasteiger partial charge < -0.3 is 59.8 Å². The lowest BCUT2D eigenvalue weighted by Crippen LogP contribution is -2.63. The molecule has 2 saturated heterocycles. The van der Waals surface area contributed by atoms with E-state index in [0.717, 1.165) is 37.7 Å². The summed E-state index contributed by atoms with van der Waals surface area (Å²) in [5.74, 6) is -0.348. The van der Waals surface area contributed by atoms with Gasteiger partial charge >= 0.3 is 5.97 Å². The van der Waals surface area contributed by atoms with Gasteiger partial charge in [-0.05, 0) is 86.5 Å². The van der Waals surface area contributed by atoms with Crippen LogP contribution in [0.4, 0.5) is 0 Å². The Hall–Kier alpha value is -1.23. The van der Waals surface area contributed by atoms with Gasteiger partial charge in [-0.15, -0.1) is 0 Å². The van der Waals surface area contributed by atoms with Crippen molar-refractivity contribution in [1.82, 2.24) is 0 Å². The van der Waals surface area contributed by atoms with E-state index in [1.54, 1.807) is 0 Å². The summed E-state index contributed by atoms with van der Waals surface area (Å²) in [7, 11) is 0. The molecule has 6 rings (SSSR count). The van der Waals surface area contributed by atoms with Crippen molar-refractivity contribution in [2.24, 2.45) is 28.1 Å². The Morgan fingerprint density at radius 1 is 0.800 bits per heavy atom. The predicted octanol–water partition coefficient (Wildman–Crippen LogP) is -0.762. The van der Waals surface area contributed by atoms with Crippen LogP contribution < -0.4 is 0 Å². The molecule has 4 aliphatic carbocycles. The molecule has 0 radical (unpaired) electrons. The second-order valence-electron chi connectivity index (χ2n) is 15.2. The minimum absolute atomic E-state index is 0.0421. The van der Waals surface area contributed by atoms with Gasteiger partial charge in [0.05, 0.1) is 24.2 Å². The minimum atomic E-state index is -1.67. The van der Waals surface area contributed by atoms with E-state index in [1.165, 1.54) is 0 Å². The van der Waals surface area contributed by atoms with E-state index in [9.17, 15) is 45.6 Å². The van der Waals surface area contributed by atoms with Gasteiger partial charge in [0.15, 0.2) is 6.29 Å². The van der Waals surface area contributed by atoms with Crippen molar-refractivity contribution in [2.45, 2.75) is 139 Å². The van der Waals surface area contributed by atoms with Crippen LogP contribution in [-0.4, -0.2) is 127 Å². The summed E-state index contributed by atoms with van der Waals surface area (Å²) in [4.78, 5) is 13.9. The zero-order chi connectivity index (χ0) is 32.7. The largest absolute Gasteiger partial charge is 0.432 e. The predicted molar refractivity (Wildman–Crippen MR) is 154 cm³/mol. The molecule has 6 aliphatic rings. The number of hydrogen-bond donors (Lipinski definition) is 8. The molecular weight excluding hydrogens is 592 g/mol. The van der Waals surface area contributed by atoms with Crippen molar-refractivity contribution in [3.8, 4) is 0 Å². The highest BCUT2D eigenvalue weighted by Crippen LogP contribution is 2.73. The molecule has 2 heterocycles. The van der Waals surface area contributed by atoms with Crippen LogP contribution in [0.3, 0.4) is 0 Å². The Morgan fingerprint density at radius 2 is 1.38 bits per heavy atom. The Labute approximate surface area is 262 Å². The van der Waals surface area contributed by atoms with Gasteiger partial charge in [-0.1, -0.05) is 19.9 Å². The summed E-state index contributed by atoms with van der Waals surface area (Å²) in [6.45, 7) is 7.41. The van der Waals surface area contributed by atoms with E-state index in [4.69, 9.17) is 18.9 Å². The van der Waals surface area contributed by atoms with Crippen molar-refractivity contribution in [2.75, 3.05) is 13.2 Å². The third-order valence-electron chi connectivity index (χ3n) is 12.9. The van der Waals surface area contributed by atoms with Crippen LogP contribution in [-0.2, 0) is 23.7 Å². The topological polar surface area (TPSA) is 216 Å². The summed E-state index contributed by atoms with van der Waals surface area (Å²) in [5, 5.41) is 81.4. The molecular formula is C32H50O13. The second-order valence-corrected chi connectivity index (χ2v) is 15.2. The smallest absolute Gasteiger partial charge is 0.314 e. The molecule has 0 aromatic carbocycles. The van der Waals surface area contributed by atoms with Crippen molar-refractivity contribution >= 4 is 5.97 Å². The molecule has 45 heavy (non-hydrogen) atoms. The Bertz CT molecular complexity index is 1150. The Morgan fingerprint density at radius 3 is 2.00 bits per heavy atom. The average molecular weight is 643 g/mol. The minimum Gasteiger partial charge on any atom is -0.432 e. The number of carbonyl (C=O) groups excluding carboxylic acids is 1. The van der Waals surface area contributed by atoms with Crippen LogP contribution in [0.1, 0.15) is 71.6 Å². The summed E-state index contributed by atoms with van der Waals surface area (Å²) in [5.41, 5.74) is -1.20. The highest BCUT2D eigenvalue weighted by atomic mass is 16.7. The monoisotopic (exact) mass is 642 g/mol. The van der Waals surface area contributed by atoms with Crippen molar-refractivity contribution in [3.05, 3.63) is 12.2 Å². The Kier molecular flexibility index (Phi) is 8.77. The molecule has 1 unspecified atom stereocenters. The first-order valence-electron chi connectivity index (χ1n) is 16.3. The first kappa shape index (κ1) is 33.7. The lowest BCUT2D eigenvalue weighted by Gasteiger charge is -2.64. The summed E-state index contributed by atoms with van der Waals surface area (Å²) >= 11 is 0. The molecule has 0 amide bonds. The molecule has 0 aromatic heterocycles. The quantitative estimate of drug-likeness (QED) is 0.102. The van der Waals surface area contributed by atoms with E-state index in [1.807, 2.05) is 6.92 Å². The lowest BCUT2D eigenvalue weighted by molar-refractivity contribution is -0.327. The molecule has 13 heteroatoms. The SMILES string of the molecule is C=C1CC23CC[C@H]4[C@](C)(CCC[C@]4(C)C(=O)O[C@H]4O[C@H](CO)[C@@H](O)[C@@H](O)[C@H]4O)[C@@H]2CC[C@@]1(O[C@H]1O[C@H](CO)[C@@H](O)[C@@H](O)[C@H]1O)C3. The maximum absolute atomic E-state index is 13.9. The van der Waals surface area contributed by atoms with Gasteiger partial charge in [0.25, 0.3) is 0 Å². The van der Waals surface area contributed by atoms with Gasteiger partial charge in [0.2, 0.25) is 6.29 Å². The fourth-order valence-electron chi connectivity index (χ4n) is 10.5. The van der Waals surface area contributed by atoms with Gasteiger partial charge in [0.1, 0.15) is 48.8 Å². The van der Waals surface area contributed by atoms with Crippen LogP contribution in [0.2, 0.25) is 0 Å². The molecule has 6 fully saturated rings. The molecule has 256 valence electrons. The zero-order valence-corrected chi connectivity index (χ0v) is 26.0. The third kappa shape index (κ3) is 5.04. The zero-order valence-electron chi connectivity index (χ0n) is 26.0. The number of esters is 1. The van der Waals surface area contributed by atoms with Crippen molar-refractivity contribution in [1.29, 1.82) is 0 Å². The molecule has 1 spiro atoms. The maximum Gasteiger partial charge on any atom is 0.314 e. The summed E-state index contributed by atoms with van der Waals surface area (Å²) < 4.78 is 23.4. The number of aliphatic hydroxyl groups is 8. The van der Waals surface area contributed by atoms with E-state index in [-0.39, 0.29) is 22.7 Å². The normalized spacial score (nSPS) is 54.7. The maximum atomic E-state index is 13.9. The fourth-order valence-corrected chi connectivity index (χ4v) is 10.5. The third-order valence-corrected chi connectivity index (χ3v) is 12.9. The fraction of sp³-hybridized carbons (Fsp3) is 0.906. The molecule has 8 N–H and O–H groups in total. The van der Waals surface area contributed by atoms with Crippen LogP contribution in [0.5, 0.6) is 0 Å². The number of carbonyl (C=O) groups is 1. The van der Waals surface area contributed by atoms with Crippen molar-refractivity contribution < 1.29 is 64.6 Å². The highest BCUT2D eigenvalue weighted by Gasteiger charge is 2.69. The van der Waals surface area contributed by atoms with Gasteiger partial charge in [-0.25, -0.2) is 0 Å².